The van der Waals surface area contributed by atoms with E-state index in [1.54, 1.807) is 20.9 Å². The van der Waals surface area contributed by atoms with Crippen molar-refractivity contribution in [3.05, 3.63) is 113 Å². The number of rotatable bonds is 4. The Morgan fingerprint density at radius 3 is 1.73 bits per heavy atom. The minimum atomic E-state index is -2.32. The second-order valence-corrected chi connectivity index (χ2v) is 13.8. The molecule has 0 heterocycles. The van der Waals surface area contributed by atoms with Crippen LogP contribution >= 0.6 is 24.8 Å². The third kappa shape index (κ3) is 4.65. The van der Waals surface area contributed by atoms with Crippen molar-refractivity contribution in [1.82, 2.24) is 0 Å². The van der Waals surface area contributed by atoms with Gasteiger partial charge in [-0.2, -0.15) is 0 Å². The molecular weight excluding hydrogens is 486 g/mol. The first kappa shape index (κ1) is 25.0. The summed E-state index contributed by atoms with van der Waals surface area (Å²) in [5, 5.41) is 0. The first-order valence-electron chi connectivity index (χ1n) is 10.2. The molecule has 0 aliphatic heterocycles. The molecule has 2 aromatic carbocycles. The van der Waals surface area contributed by atoms with Crippen LogP contribution in [0.15, 0.2) is 102 Å². The van der Waals surface area contributed by atoms with Crippen molar-refractivity contribution in [2.24, 2.45) is 5.92 Å². The first-order valence-corrected chi connectivity index (χ1v) is 13.9. The van der Waals surface area contributed by atoms with Gasteiger partial charge in [-0.1, -0.05) is 0 Å². The number of allylic oxidation sites excluding steroid dienone is 8. The van der Waals surface area contributed by atoms with E-state index in [-0.39, 0.29) is 24.8 Å². The molecule has 0 fully saturated rings. The average molecular weight is 517 g/mol. The number of halogens is 2. The van der Waals surface area contributed by atoms with Crippen LogP contribution in [-0.2, 0) is 21.3 Å². The summed E-state index contributed by atoms with van der Waals surface area (Å²) in [7, 11) is 0. The van der Waals surface area contributed by atoms with Gasteiger partial charge in [-0.05, 0) is 0 Å². The zero-order valence-electron chi connectivity index (χ0n) is 18.1. The van der Waals surface area contributed by atoms with Crippen molar-refractivity contribution in [3.8, 4) is 0 Å². The van der Waals surface area contributed by atoms with E-state index < -0.39 is 21.3 Å². The molecule has 30 heavy (non-hydrogen) atoms. The number of benzene rings is 2. The van der Waals surface area contributed by atoms with Gasteiger partial charge in [-0.3, -0.25) is 0 Å². The van der Waals surface area contributed by atoms with Crippen LogP contribution in [0.1, 0.15) is 45.2 Å². The van der Waals surface area contributed by atoms with Crippen LogP contribution in [0.4, 0.5) is 0 Å². The van der Waals surface area contributed by atoms with E-state index in [4.69, 9.17) is 0 Å². The Balaban J connectivity index is 0.00000160. The Labute approximate surface area is 201 Å². The van der Waals surface area contributed by atoms with Crippen LogP contribution in [0, 0.1) is 5.92 Å². The fourth-order valence-corrected chi connectivity index (χ4v) is 13.5. The largest absolute Gasteiger partial charge is 0.147 e. The van der Waals surface area contributed by atoms with Crippen LogP contribution in [0.5, 0.6) is 0 Å². The zero-order valence-corrected chi connectivity index (χ0v) is 22.2. The van der Waals surface area contributed by atoms with Gasteiger partial charge < -0.3 is 0 Å². The summed E-state index contributed by atoms with van der Waals surface area (Å²) in [4.78, 5) is 0. The van der Waals surface area contributed by atoms with E-state index in [1.807, 2.05) is 0 Å². The monoisotopic (exact) mass is 514 g/mol. The molecule has 3 heteroatoms. The molecule has 2 aromatic rings. The maximum atomic E-state index is 2.43. The second-order valence-electron chi connectivity index (χ2n) is 7.87. The Hall–Kier alpha value is -1.27. The SMILES string of the molecule is CC1=C(C)C(C)[C]([Zr]([C]2=CC=CC2)=[C](c2ccccc2)c2ccccc2)=C1C.Cl.Cl. The van der Waals surface area contributed by atoms with E-state index in [0.29, 0.717) is 5.92 Å². The topological polar surface area (TPSA) is 0 Å². The van der Waals surface area contributed by atoms with Gasteiger partial charge in [0.2, 0.25) is 0 Å². The van der Waals surface area contributed by atoms with Gasteiger partial charge in [0.15, 0.2) is 0 Å². The van der Waals surface area contributed by atoms with Gasteiger partial charge >= 0.3 is 178 Å². The van der Waals surface area contributed by atoms with Crippen molar-refractivity contribution in [3.63, 3.8) is 0 Å². The summed E-state index contributed by atoms with van der Waals surface area (Å²) >= 11 is -2.32. The fraction of sp³-hybridized carbons (Fsp3) is 0.222. The normalized spacial score (nSPS) is 17.5. The standard InChI is InChI=1S/C13H10.C9H13.C5H5.2ClH.Zr/c1-3-7-12(8-4-1)11-13-9-5-2-6-10-13;1-6-5-7(2)9(4)8(6)3;1-2-4-5-3-1;;;/h1-10H;6H,1-4H3;1-3H,4H2;2*1H;. The molecule has 0 radical (unpaired) electrons. The molecule has 1 unspecified atom stereocenters. The summed E-state index contributed by atoms with van der Waals surface area (Å²) < 4.78 is 5.10. The third-order valence-electron chi connectivity index (χ3n) is 6.38. The van der Waals surface area contributed by atoms with Crippen LogP contribution in [0.25, 0.3) is 0 Å². The molecular formula is C27H30Cl2Zr. The summed E-state index contributed by atoms with van der Waals surface area (Å²) in [6.07, 6.45) is 8.16. The Kier molecular flexibility index (Phi) is 9.04. The van der Waals surface area contributed by atoms with Crippen molar-refractivity contribution in [2.45, 2.75) is 34.1 Å². The van der Waals surface area contributed by atoms with Gasteiger partial charge in [-0.25, -0.2) is 0 Å². The van der Waals surface area contributed by atoms with Crippen LogP contribution in [-0.4, -0.2) is 3.21 Å². The molecule has 0 nitrogen and oxygen atoms in total. The molecule has 0 spiro atoms. The Morgan fingerprint density at radius 1 is 0.800 bits per heavy atom. The van der Waals surface area contributed by atoms with Crippen LogP contribution in [0.2, 0.25) is 0 Å². The number of hydrogen-bond donors (Lipinski definition) is 0. The second kappa shape index (κ2) is 10.9. The van der Waals surface area contributed by atoms with E-state index in [9.17, 15) is 0 Å². The summed E-state index contributed by atoms with van der Waals surface area (Å²) in [6, 6.07) is 22.3. The fourth-order valence-electron chi connectivity index (χ4n) is 4.53. The van der Waals surface area contributed by atoms with Crippen LogP contribution in [0.3, 0.4) is 0 Å². The van der Waals surface area contributed by atoms with Crippen molar-refractivity contribution >= 4 is 28.0 Å². The van der Waals surface area contributed by atoms with Crippen molar-refractivity contribution in [1.29, 1.82) is 0 Å². The van der Waals surface area contributed by atoms with Gasteiger partial charge in [0.1, 0.15) is 0 Å². The summed E-state index contributed by atoms with van der Waals surface area (Å²) in [6.45, 7) is 9.46. The summed E-state index contributed by atoms with van der Waals surface area (Å²) in [5.41, 5.74) is 7.47. The van der Waals surface area contributed by atoms with E-state index in [1.165, 1.54) is 16.7 Å². The molecule has 2 aliphatic carbocycles. The number of hydrogen-bond acceptors (Lipinski definition) is 0. The van der Waals surface area contributed by atoms with E-state index in [2.05, 4.69) is 107 Å². The molecule has 4 rings (SSSR count). The predicted molar refractivity (Wildman–Crippen MR) is 133 cm³/mol. The van der Waals surface area contributed by atoms with Crippen LogP contribution < -0.4 is 0 Å². The van der Waals surface area contributed by atoms with Gasteiger partial charge in [-0.15, -0.1) is 24.8 Å². The molecule has 0 saturated carbocycles. The smallest absolute Gasteiger partial charge is 0.147 e. The molecule has 1 atom stereocenters. The Morgan fingerprint density at radius 2 is 1.33 bits per heavy atom. The third-order valence-corrected chi connectivity index (χ3v) is 14.8. The maximum Gasteiger partial charge on any atom is -0.147 e. The minimum Gasteiger partial charge on any atom is -0.147 e. The van der Waals surface area contributed by atoms with Crippen molar-refractivity contribution in [2.75, 3.05) is 0 Å². The van der Waals surface area contributed by atoms with Gasteiger partial charge in [0.25, 0.3) is 0 Å². The minimum absolute atomic E-state index is 0. The maximum absolute atomic E-state index is 2.43. The average Bonchev–Trinajstić information content (AvgIpc) is 3.33. The van der Waals surface area contributed by atoms with Gasteiger partial charge in [0.05, 0.1) is 0 Å². The zero-order chi connectivity index (χ0) is 19.7. The summed E-state index contributed by atoms with van der Waals surface area (Å²) in [5.74, 6) is 0.568. The molecule has 0 bridgehead atoms. The molecule has 0 aromatic heterocycles. The van der Waals surface area contributed by atoms with Crippen molar-refractivity contribution < 1.29 is 21.3 Å². The first-order chi connectivity index (χ1) is 13.6. The molecule has 0 amide bonds. The van der Waals surface area contributed by atoms with E-state index in [0.717, 1.165) is 6.42 Å². The molecule has 0 N–H and O–H groups in total. The molecule has 2 aliphatic rings. The molecule has 0 saturated heterocycles. The molecule has 156 valence electrons. The van der Waals surface area contributed by atoms with Gasteiger partial charge in [0, 0.05) is 0 Å². The quantitative estimate of drug-likeness (QED) is 0.389. The predicted octanol–water partition coefficient (Wildman–Crippen LogP) is 7.82. The van der Waals surface area contributed by atoms with E-state index >= 15 is 0 Å². The Bertz CT molecular complexity index is 1010.